The number of urea groups is 1. The number of nitrogens with zero attached hydrogens (tertiary/aromatic N) is 2. The second-order valence-corrected chi connectivity index (χ2v) is 3.78. The second-order valence-electron chi connectivity index (χ2n) is 3.78. The molecule has 1 heterocycles. The largest absolute Gasteiger partial charge is 0.480 e. The third kappa shape index (κ3) is 3.69. The molecule has 0 unspecified atom stereocenters. The maximum absolute atomic E-state index is 11.8. The number of amides is 2. The van der Waals surface area contributed by atoms with Gasteiger partial charge in [0.1, 0.15) is 6.54 Å². The van der Waals surface area contributed by atoms with Gasteiger partial charge in [0.25, 0.3) is 0 Å². The van der Waals surface area contributed by atoms with Gasteiger partial charge in [-0.3, -0.25) is 4.79 Å². The first kappa shape index (κ1) is 12.8. The molecule has 0 aromatic rings. The predicted octanol–water partition coefficient (Wildman–Crippen LogP) is 0.235. The molecule has 0 radical (unpaired) electrons. The van der Waals surface area contributed by atoms with Crippen LogP contribution >= 0.6 is 0 Å². The highest BCUT2D eigenvalue weighted by Crippen LogP contribution is 2.09. The lowest BCUT2D eigenvalue weighted by atomic mass is 10.2. The molecule has 1 saturated heterocycles. The Morgan fingerprint density at radius 1 is 1.44 bits per heavy atom. The van der Waals surface area contributed by atoms with Crippen LogP contribution in [0.2, 0.25) is 0 Å². The van der Waals surface area contributed by atoms with Gasteiger partial charge >= 0.3 is 12.0 Å². The van der Waals surface area contributed by atoms with E-state index in [0.717, 1.165) is 12.8 Å². The number of carbonyl (C=O) groups is 2. The lowest BCUT2D eigenvalue weighted by molar-refractivity contribution is -0.138. The van der Waals surface area contributed by atoms with E-state index in [-0.39, 0.29) is 12.6 Å². The first-order valence-electron chi connectivity index (χ1n) is 5.39. The summed E-state index contributed by atoms with van der Waals surface area (Å²) in [6.07, 6.45) is 1.61. The van der Waals surface area contributed by atoms with Crippen molar-refractivity contribution < 1.29 is 19.4 Å². The van der Waals surface area contributed by atoms with E-state index < -0.39 is 5.97 Å². The zero-order chi connectivity index (χ0) is 12.0. The highest BCUT2D eigenvalue weighted by molar-refractivity contribution is 5.80. The molecule has 1 aliphatic rings. The van der Waals surface area contributed by atoms with Crippen LogP contribution in [0.25, 0.3) is 0 Å². The van der Waals surface area contributed by atoms with Crippen LogP contribution in [-0.2, 0) is 9.53 Å². The fraction of sp³-hybridized carbons (Fsp3) is 0.800. The lowest BCUT2D eigenvalue weighted by Gasteiger charge is -2.34. The number of aliphatic carboxylic acids is 1. The van der Waals surface area contributed by atoms with Gasteiger partial charge in [-0.2, -0.15) is 0 Å². The predicted molar refractivity (Wildman–Crippen MR) is 57.3 cm³/mol. The number of hydrogen-bond acceptors (Lipinski definition) is 3. The summed E-state index contributed by atoms with van der Waals surface area (Å²) in [5.41, 5.74) is 0. The molecule has 0 aliphatic carbocycles. The molecule has 0 aromatic heterocycles. The average molecular weight is 230 g/mol. The van der Waals surface area contributed by atoms with E-state index >= 15 is 0 Å². The van der Waals surface area contributed by atoms with Crippen molar-refractivity contribution in [1.82, 2.24) is 9.80 Å². The number of carboxylic acids is 1. The van der Waals surface area contributed by atoms with Crippen molar-refractivity contribution in [3.8, 4) is 0 Å². The molecule has 6 heteroatoms. The van der Waals surface area contributed by atoms with Crippen molar-refractivity contribution in [3.63, 3.8) is 0 Å². The third-order valence-electron chi connectivity index (χ3n) is 2.50. The normalized spacial score (nSPS) is 16.7. The van der Waals surface area contributed by atoms with Crippen molar-refractivity contribution in [2.24, 2.45) is 0 Å². The lowest BCUT2D eigenvalue weighted by Crippen LogP contribution is -2.51. The highest BCUT2D eigenvalue weighted by Gasteiger charge is 2.26. The van der Waals surface area contributed by atoms with Gasteiger partial charge in [0.05, 0.1) is 0 Å². The maximum atomic E-state index is 11.8. The maximum Gasteiger partial charge on any atom is 0.323 e. The Bertz CT molecular complexity index is 257. The van der Waals surface area contributed by atoms with E-state index in [1.165, 1.54) is 4.90 Å². The van der Waals surface area contributed by atoms with E-state index in [0.29, 0.717) is 26.2 Å². The van der Waals surface area contributed by atoms with Crippen molar-refractivity contribution >= 4 is 12.0 Å². The van der Waals surface area contributed by atoms with Crippen LogP contribution in [0, 0.1) is 0 Å². The fourth-order valence-electron chi connectivity index (χ4n) is 1.76. The van der Waals surface area contributed by atoms with Gasteiger partial charge in [0.15, 0.2) is 0 Å². The van der Waals surface area contributed by atoms with Crippen LogP contribution in [0.4, 0.5) is 4.79 Å². The topological polar surface area (TPSA) is 70.1 Å². The Hall–Kier alpha value is -1.30. The van der Waals surface area contributed by atoms with Crippen LogP contribution in [0.1, 0.15) is 12.8 Å². The van der Waals surface area contributed by atoms with Crippen molar-refractivity contribution in [2.45, 2.75) is 12.8 Å². The first-order chi connectivity index (χ1) is 7.65. The van der Waals surface area contributed by atoms with Crippen LogP contribution < -0.4 is 0 Å². The molecule has 0 saturated carbocycles. The minimum absolute atomic E-state index is 0.176. The molecular weight excluding hydrogens is 212 g/mol. The van der Waals surface area contributed by atoms with E-state index in [4.69, 9.17) is 9.84 Å². The van der Waals surface area contributed by atoms with Crippen molar-refractivity contribution in [3.05, 3.63) is 0 Å². The molecule has 16 heavy (non-hydrogen) atoms. The Morgan fingerprint density at radius 2 is 2.12 bits per heavy atom. The van der Waals surface area contributed by atoms with Crippen molar-refractivity contribution in [1.29, 1.82) is 0 Å². The average Bonchev–Trinajstić information content (AvgIpc) is 2.23. The molecule has 92 valence electrons. The van der Waals surface area contributed by atoms with Crippen molar-refractivity contribution in [2.75, 3.05) is 39.9 Å². The van der Waals surface area contributed by atoms with Crippen LogP contribution in [0.3, 0.4) is 0 Å². The Morgan fingerprint density at radius 3 is 2.75 bits per heavy atom. The monoisotopic (exact) mass is 230 g/mol. The molecule has 0 atom stereocenters. The van der Waals surface area contributed by atoms with E-state index in [9.17, 15) is 9.59 Å². The quantitative estimate of drug-likeness (QED) is 0.663. The minimum Gasteiger partial charge on any atom is -0.480 e. The van der Waals surface area contributed by atoms with Gasteiger partial charge < -0.3 is 19.6 Å². The summed E-state index contributed by atoms with van der Waals surface area (Å²) >= 11 is 0. The zero-order valence-corrected chi connectivity index (χ0v) is 9.52. The number of ether oxygens (including phenoxy) is 1. The van der Waals surface area contributed by atoms with E-state index in [1.54, 1.807) is 12.0 Å². The molecule has 0 aromatic carbocycles. The third-order valence-corrected chi connectivity index (χ3v) is 2.50. The summed E-state index contributed by atoms with van der Waals surface area (Å²) in [4.78, 5) is 25.4. The fourth-order valence-corrected chi connectivity index (χ4v) is 1.76. The van der Waals surface area contributed by atoms with Gasteiger partial charge in [-0.25, -0.2) is 4.79 Å². The summed E-state index contributed by atoms with van der Waals surface area (Å²) in [7, 11) is 1.62. The molecule has 0 spiro atoms. The van der Waals surface area contributed by atoms with Crippen LogP contribution in [0.15, 0.2) is 0 Å². The smallest absolute Gasteiger partial charge is 0.323 e. The number of hydrogen-bond donors (Lipinski definition) is 1. The standard InChI is InChI=1S/C10H18N2O4/c1-16-7-3-6-11-4-2-5-12(10(11)15)8-9(13)14/h2-8H2,1H3,(H,13,14). The zero-order valence-electron chi connectivity index (χ0n) is 9.52. The SMILES string of the molecule is COCCCN1CCCN(CC(=O)O)C1=O. The Balaban J connectivity index is 2.40. The number of carbonyl (C=O) groups excluding carboxylic acids is 1. The molecule has 1 N–H and O–H groups in total. The van der Waals surface area contributed by atoms with Gasteiger partial charge in [-0.1, -0.05) is 0 Å². The summed E-state index contributed by atoms with van der Waals surface area (Å²) in [6, 6.07) is -0.176. The summed E-state index contributed by atoms with van der Waals surface area (Å²) in [6.45, 7) is 2.27. The van der Waals surface area contributed by atoms with Gasteiger partial charge in [0.2, 0.25) is 0 Å². The van der Waals surface area contributed by atoms with Gasteiger partial charge in [-0.15, -0.1) is 0 Å². The Kier molecular flexibility index (Phi) is 5.04. The van der Waals surface area contributed by atoms with Gasteiger partial charge in [0, 0.05) is 33.4 Å². The second kappa shape index (κ2) is 6.32. The summed E-state index contributed by atoms with van der Waals surface area (Å²) in [5.74, 6) is -0.966. The van der Waals surface area contributed by atoms with Gasteiger partial charge in [-0.05, 0) is 12.8 Å². The number of rotatable bonds is 6. The highest BCUT2D eigenvalue weighted by atomic mass is 16.5. The van der Waals surface area contributed by atoms with E-state index in [2.05, 4.69) is 0 Å². The molecule has 0 bridgehead atoms. The first-order valence-corrected chi connectivity index (χ1v) is 5.39. The van der Waals surface area contributed by atoms with E-state index in [1.807, 2.05) is 0 Å². The Labute approximate surface area is 94.8 Å². The summed E-state index contributed by atoms with van der Waals surface area (Å²) in [5, 5.41) is 8.65. The minimum atomic E-state index is -0.966. The molecule has 1 rings (SSSR count). The molecule has 1 fully saturated rings. The summed E-state index contributed by atoms with van der Waals surface area (Å²) < 4.78 is 4.91. The molecule has 1 aliphatic heterocycles. The van der Waals surface area contributed by atoms with Crippen LogP contribution in [-0.4, -0.2) is 66.8 Å². The molecule has 2 amide bonds. The molecular formula is C10H18N2O4. The number of methoxy groups -OCH3 is 1. The van der Waals surface area contributed by atoms with Crippen LogP contribution in [0.5, 0.6) is 0 Å². The number of carboxylic acid groups (broad SMARTS) is 1. The molecule has 6 nitrogen and oxygen atoms in total.